The average Bonchev–Trinajstić information content (AvgIpc) is 2.86. The summed E-state index contributed by atoms with van der Waals surface area (Å²) in [5.74, 6) is 0.302. The molecule has 0 radical (unpaired) electrons. The molecule has 17 heavy (non-hydrogen) atoms. The molecule has 0 unspecified atom stereocenters. The predicted molar refractivity (Wildman–Crippen MR) is 65.5 cm³/mol. The van der Waals surface area contributed by atoms with E-state index >= 15 is 0 Å². The van der Waals surface area contributed by atoms with Crippen molar-refractivity contribution in [3.8, 4) is 5.88 Å². The van der Waals surface area contributed by atoms with Crippen LogP contribution in [0.4, 0.5) is 5.69 Å². The highest BCUT2D eigenvalue weighted by molar-refractivity contribution is 7.07. The second-order valence-corrected chi connectivity index (χ2v) is 3.86. The Kier molecular flexibility index (Phi) is 3.66. The molecule has 0 saturated heterocycles. The Bertz CT molecular complexity index is 482. The van der Waals surface area contributed by atoms with Gasteiger partial charge < -0.3 is 10.1 Å². The number of nitrogens with zero attached hydrogens (tertiary/aromatic N) is 2. The van der Waals surface area contributed by atoms with E-state index in [1.54, 1.807) is 29.2 Å². The molecular weight excluding hydrogens is 238 g/mol. The molecule has 1 amide bonds. The summed E-state index contributed by atoms with van der Waals surface area (Å²) < 4.78 is 5.20. The number of aromatic nitrogens is 2. The highest BCUT2D eigenvalue weighted by Crippen LogP contribution is 2.12. The van der Waals surface area contributed by atoms with Gasteiger partial charge in [0.25, 0.3) is 5.91 Å². The Hall–Kier alpha value is -1.95. The molecule has 2 rings (SSSR count). The molecule has 0 fully saturated rings. The third-order valence-corrected chi connectivity index (χ3v) is 2.54. The maximum Gasteiger partial charge on any atom is 0.275 e. The van der Waals surface area contributed by atoms with E-state index in [9.17, 15) is 4.79 Å². The first-order valence-corrected chi connectivity index (χ1v) is 6.02. The summed E-state index contributed by atoms with van der Waals surface area (Å²) in [5, 5.41) is 4.39. The van der Waals surface area contributed by atoms with Gasteiger partial charge >= 0.3 is 0 Å². The van der Waals surface area contributed by atoms with Gasteiger partial charge in [-0.1, -0.05) is 0 Å². The Labute approximate surface area is 102 Å². The van der Waals surface area contributed by atoms with Crippen molar-refractivity contribution in [3.05, 3.63) is 34.9 Å². The van der Waals surface area contributed by atoms with E-state index in [0.29, 0.717) is 23.9 Å². The Morgan fingerprint density at radius 1 is 1.47 bits per heavy atom. The molecule has 0 saturated carbocycles. The lowest BCUT2D eigenvalue weighted by atomic mass is 10.4. The summed E-state index contributed by atoms with van der Waals surface area (Å²) in [6.45, 7) is 2.46. The summed E-state index contributed by atoms with van der Waals surface area (Å²) in [4.78, 5) is 19.6. The largest absolute Gasteiger partial charge is 0.478 e. The minimum atomic E-state index is -0.239. The van der Waals surface area contributed by atoms with Crippen LogP contribution in [0.25, 0.3) is 0 Å². The quantitative estimate of drug-likeness (QED) is 0.902. The number of pyridine rings is 1. The highest BCUT2D eigenvalue weighted by Gasteiger charge is 2.07. The van der Waals surface area contributed by atoms with E-state index in [4.69, 9.17) is 4.74 Å². The number of hydrogen-bond donors (Lipinski definition) is 1. The fraction of sp³-hybridized carbons (Fsp3) is 0.182. The van der Waals surface area contributed by atoms with Gasteiger partial charge in [-0.2, -0.15) is 0 Å². The van der Waals surface area contributed by atoms with Crippen LogP contribution in [0.2, 0.25) is 0 Å². The molecule has 5 nitrogen and oxygen atoms in total. The fourth-order valence-corrected chi connectivity index (χ4v) is 1.74. The van der Waals surface area contributed by atoms with Gasteiger partial charge in [-0.3, -0.25) is 4.79 Å². The fourth-order valence-electron chi connectivity index (χ4n) is 1.21. The van der Waals surface area contributed by atoms with Crippen LogP contribution < -0.4 is 10.1 Å². The summed E-state index contributed by atoms with van der Waals surface area (Å²) in [5.41, 5.74) is 2.64. The molecule has 0 aliphatic rings. The van der Waals surface area contributed by atoms with Crippen molar-refractivity contribution < 1.29 is 9.53 Å². The van der Waals surface area contributed by atoms with E-state index in [2.05, 4.69) is 15.3 Å². The summed E-state index contributed by atoms with van der Waals surface area (Å²) >= 11 is 1.38. The molecule has 2 aromatic rings. The van der Waals surface area contributed by atoms with Gasteiger partial charge in [0.15, 0.2) is 0 Å². The SMILES string of the molecule is CCOc1ccc(NC(=O)c2cscn2)cn1. The van der Waals surface area contributed by atoms with Crippen LogP contribution in [0.1, 0.15) is 17.4 Å². The zero-order valence-electron chi connectivity index (χ0n) is 9.21. The number of anilines is 1. The number of carbonyl (C=O) groups is 1. The number of amides is 1. The molecule has 2 aromatic heterocycles. The van der Waals surface area contributed by atoms with Gasteiger partial charge in [0.05, 0.1) is 24.0 Å². The van der Waals surface area contributed by atoms with Gasteiger partial charge in [0.1, 0.15) is 5.69 Å². The molecule has 6 heteroatoms. The van der Waals surface area contributed by atoms with Crippen molar-refractivity contribution in [2.75, 3.05) is 11.9 Å². The van der Waals surface area contributed by atoms with E-state index in [0.717, 1.165) is 0 Å². The van der Waals surface area contributed by atoms with Crippen LogP contribution in [0.5, 0.6) is 5.88 Å². The summed E-state index contributed by atoms with van der Waals surface area (Å²) in [6, 6.07) is 3.45. The van der Waals surface area contributed by atoms with Crippen LogP contribution in [0.15, 0.2) is 29.2 Å². The zero-order chi connectivity index (χ0) is 12.1. The number of carbonyl (C=O) groups excluding carboxylic acids is 1. The molecule has 0 aliphatic heterocycles. The molecule has 1 N–H and O–H groups in total. The molecule has 88 valence electrons. The number of nitrogens with one attached hydrogen (secondary N) is 1. The first kappa shape index (κ1) is 11.5. The molecule has 0 aliphatic carbocycles. The van der Waals surface area contributed by atoms with Crippen LogP contribution >= 0.6 is 11.3 Å². The van der Waals surface area contributed by atoms with Gasteiger partial charge in [0, 0.05) is 11.4 Å². The van der Waals surface area contributed by atoms with Crippen molar-refractivity contribution in [1.29, 1.82) is 0 Å². The molecule has 0 aromatic carbocycles. The predicted octanol–water partition coefficient (Wildman–Crippen LogP) is 2.19. The third kappa shape index (κ3) is 3.01. The number of ether oxygens (including phenoxy) is 1. The normalized spacial score (nSPS) is 9.94. The second-order valence-electron chi connectivity index (χ2n) is 3.15. The second kappa shape index (κ2) is 5.40. The van der Waals surface area contributed by atoms with Crippen molar-refractivity contribution in [2.45, 2.75) is 6.92 Å². The highest BCUT2D eigenvalue weighted by atomic mass is 32.1. The molecule has 0 bridgehead atoms. The van der Waals surface area contributed by atoms with Crippen molar-refractivity contribution in [1.82, 2.24) is 9.97 Å². The van der Waals surface area contributed by atoms with Crippen molar-refractivity contribution in [3.63, 3.8) is 0 Å². The van der Waals surface area contributed by atoms with Gasteiger partial charge in [-0.25, -0.2) is 9.97 Å². The summed E-state index contributed by atoms with van der Waals surface area (Å²) in [6.07, 6.45) is 1.55. The molecular formula is C11H11N3O2S. The maximum absolute atomic E-state index is 11.7. The van der Waals surface area contributed by atoms with Gasteiger partial charge in [-0.05, 0) is 13.0 Å². The van der Waals surface area contributed by atoms with Gasteiger partial charge in [-0.15, -0.1) is 11.3 Å². The lowest BCUT2D eigenvalue weighted by molar-refractivity contribution is 0.102. The standard InChI is InChI=1S/C11H11N3O2S/c1-2-16-10-4-3-8(5-12-10)14-11(15)9-6-17-7-13-9/h3-7H,2H2,1H3,(H,14,15). The van der Waals surface area contributed by atoms with Crippen molar-refractivity contribution >= 4 is 22.9 Å². The maximum atomic E-state index is 11.7. The molecule has 0 atom stereocenters. The first-order chi connectivity index (χ1) is 8.29. The van der Waals surface area contributed by atoms with Crippen molar-refractivity contribution in [2.24, 2.45) is 0 Å². The average molecular weight is 249 g/mol. The van der Waals surface area contributed by atoms with Crippen LogP contribution in [-0.4, -0.2) is 22.5 Å². The van der Waals surface area contributed by atoms with E-state index < -0.39 is 0 Å². The van der Waals surface area contributed by atoms with Gasteiger partial charge in [0.2, 0.25) is 5.88 Å². The molecule has 0 spiro atoms. The molecule has 2 heterocycles. The Morgan fingerprint density at radius 2 is 2.35 bits per heavy atom. The van der Waals surface area contributed by atoms with E-state index in [1.807, 2.05) is 6.92 Å². The first-order valence-electron chi connectivity index (χ1n) is 5.08. The minimum absolute atomic E-state index is 0.239. The smallest absolute Gasteiger partial charge is 0.275 e. The van der Waals surface area contributed by atoms with E-state index in [-0.39, 0.29) is 5.91 Å². The number of thiazole rings is 1. The monoisotopic (exact) mass is 249 g/mol. The van der Waals surface area contributed by atoms with Crippen LogP contribution in [-0.2, 0) is 0 Å². The minimum Gasteiger partial charge on any atom is -0.478 e. The Balaban J connectivity index is 2.01. The van der Waals surface area contributed by atoms with E-state index in [1.165, 1.54) is 11.3 Å². The third-order valence-electron chi connectivity index (χ3n) is 1.95. The zero-order valence-corrected chi connectivity index (χ0v) is 10.0. The number of rotatable bonds is 4. The summed E-state index contributed by atoms with van der Waals surface area (Å²) in [7, 11) is 0. The lowest BCUT2D eigenvalue weighted by Gasteiger charge is -2.04. The topological polar surface area (TPSA) is 64.1 Å². The van der Waals surface area contributed by atoms with Crippen LogP contribution in [0, 0.1) is 0 Å². The Morgan fingerprint density at radius 3 is 2.94 bits per heavy atom. The van der Waals surface area contributed by atoms with Crippen LogP contribution in [0.3, 0.4) is 0 Å². The lowest BCUT2D eigenvalue weighted by Crippen LogP contribution is -2.12. The number of hydrogen-bond acceptors (Lipinski definition) is 5.